The Morgan fingerprint density at radius 3 is 2.32 bits per heavy atom. The minimum absolute atomic E-state index is 0.0125. The average molecular weight is 449 g/mol. The standard InChI is InChI=1S/C24H27ClF2N2O2/c1-3-15(2)22(28-23(30)18-6-9-20(26)21(27)14-18)24(31)29-12-10-17(11-13-29)16-4-7-19(25)8-5-16/h4-9,14-15,17,22H,3,10-13H2,1-2H3,(H,28,30)/t15-,22+/m0/s1. The van der Waals surface area contributed by atoms with E-state index in [4.69, 9.17) is 11.6 Å². The minimum Gasteiger partial charge on any atom is -0.341 e. The van der Waals surface area contributed by atoms with Crippen LogP contribution >= 0.6 is 11.6 Å². The van der Waals surface area contributed by atoms with Crippen LogP contribution in [0, 0.1) is 17.6 Å². The highest BCUT2D eigenvalue weighted by atomic mass is 35.5. The van der Waals surface area contributed by atoms with E-state index in [1.807, 2.05) is 38.1 Å². The van der Waals surface area contributed by atoms with Gasteiger partial charge in [-0.1, -0.05) is 44.0 Å². The van der Waals surface area contributed by atoms with Crippen molar-refractivity contribution in [3.8, 4) is 0 Å². The monoisotopic (exact) mass is 448 g/mol. The van der Waals surface area contributed by atoms with Gasteiger partial charge in [-0.25, -0.2) is 8.78 Å². The zero-order chi connectivity index (χ0) is 22.5. The van der Waals surface area contributed by atoms with E-state index in [1.54, 1.807) is 4.90 Å². The first-order valence-corrected chi connectivity index (χ1v) is 11.0. The topological polar surface area (TPSA) is 49.4 Å². The number of hydrogen-bond donors (Lipinski definition) is 1. The normalized spacial score (nSPS) is 16.6. The number of piperidine rings is 1. The highest BCUT2D eigenvalue weighted by Gasteiger charge is 2.32. The van der Waals surface area contributed by atoms with Crippen molar-refractivity contribution in [1.82, 2.24) is 10.2 Å². The summed E-state index contributed by atoms with van der Waals surface area (Å²) in [6.45, 7) is 5.04. The summed E-state index contributed by atoms with van der Waals surface area (Å²) >= 11 is 5.97. The Kier molecular flexibility index (Phi) is 7.65. The molecule has 2 aromatic carbocycles. The van der Waals surface area contributed by atoms with Gasteiger partial charge in [0.25, 0.3) is 5.91 Å². The second kappa shape index (κ2) is 10.2. The lowest BCUT2D eigenvalue weighted by Crippen LogP contribution is -2.53. The molecule has 1 saturated heterocycles. The van der Waals surface area contributed by atoms with Gasteiger partial charge >= 0.3 is 0 Å². The Balaban J connectivity index is 1.66. The molecule has 1 fully saturated rings. The number of carbonyl (C=O) groups excluding carboxylic acids is 2. The molecule has 3 rings (SSSR count). The minimum atomic E-state index is -1.09. The van der Waals surface area contributed by atoms with Crippen LogP contribution in [0.25, 0.3) is 0 Å². The van der Waals surface area contributed by atoms with Gasteiger partial charge < -0.3 is 10.2 Å². The Labute approximate surface area is 186 Å². The second-order valence-electron chi connectivity index (χ2n) is 8.12. The fourth-order valence-corrected chi connectivity index (χ4v) is 4.04. The molecule has 0 bridgehead atoms. The summed E-state index contributed by atoms with van der Waals surface area (Å²) < 4.78 is 26.7. The van der Waals surface area contributed by atoms with Gasteiger partial charge in [0, 0.05) is 23.7 Å². The van der Waals surface area contributed by atoms with Gasteiger partial charge in [-0.05, 0) is 60.6 Å². The lowest BCUT2D eigenvalue weighted by atomic mass is 9.88. The Morgan fingerprint density at radius 2 is 1.74 bits per heavy atom. The molecule has 0 radical (unpaired) electrons. The summed E-state index contributed by atoms with van der Waals surface area (Å²) in [4.78, 5) is 27.6. The Morgan fingerprint density at radius 1 is 1.10 bits per heavy atom. The third-order valence-corrected chi connectivity index (χ3v) is 6.35. The summed E-state index contributed by atoms with van der Waals surface area (Å²) in [6.07, 6.45) is 2.35. The highest BCUT2D eigenvalue weighted by molar-refractivity contribution is 6.30. The Hall–Kier alpha value is -2.47. The molecule has 1 N–H and O–H groups in total. The van der Waals surface area contributed by atoms with Crippen LogP contribution in [0.4, 0.5) is 8.78 Å². The van der Waals surface area contributed by atoms with E-state index in [1.165, 1.54) is 11.6 Å². The number of nitrogens with one attached hydrogen (secondary N) is 1. The van der Waals surface area contributed by atoms with Crippen molar-refractivity contribution < 1.29 is 18.4 Å². The van der Waals surface area contributed by atoms with Gasteiger partial charge in [0.2, 0.25) is 5.91 Å². The van der Waals surface area contributed by atoms with Crippen LogP contribution in [0.15, 0.2) is 42.5 Å². The molecular formula is C24H27ClF2N2O2. The highest BCUT2D eigenvalue weighted by Crippen LogP contribution is 2.29. The largest absolute Gasteiger partial charge is 0.341 e. The summed E-state index contributed by atoms with van der Waals surface area (Å²) in [5.41, 5.74) is 1.20. The van der Waals surface area contributed by atoms with E-state index in [2.05, 4.69) is 5.32 Å². The molecule has 2 atom stereocenters. The van der Waals surface area contributed by atoms with Crippen LogP contribution < -0.4 is 5.32 Å². The molecule has 0 spiro atoms. The third-order valence-electron chi connectivity index (χ3n) is 6.10. The van der Waals surface area contributed by atoms with Crippen molar-refractivity contribution in [1.29, 1.82) is 0 Å². The van der Waals surface area contributed by atoms with Crippen molar-refractivity contribution in [2.24, 2.45) is 5.92 Å². The molecule has 1 aliphatic rings. The zero-order valence-electron chi connectivity index (χ0n) is 17.7. The number of rotatable bonds is 6. The van der Waals surface area contributed by atoms with Crippen molar-refractivity contribution >= 4 is 23.4 Å². The molecule has 0 unspecified atom stereocenters. The maximum Gasteiger partial charge on any atom is 0.252 e. The zero-order valence-corrected chi connectivity index (χ0v) is 18.5. The molecule has 0 aromatic heterocycles. The SMILES string of the molecule is CC[C@H](C)[C@@H](NC(=O)c1ccc(F)c(F)c1)C(=O)N1CCC(c2ccc(Cl)cc2)CC1. The molecular weight excluding hydrogens is 422 g/mol. The predicted molar refractivity (Wildman–Crippen MR) is 117 cm³/mol. The summed E-state index contributed by atoms with van der Waals surface area (Å²) in [7, 11) is 0. The van der Waals surface area contributed by atoms with Crippen LogP contribution in [-0.4, -0.2) is 35.8 Å². The van der Waals surface area contributed by atoms with Gasteiger partial charge in [-0.15, -0.1) is 0 Å². The number of hydrogen-bond acceptors (Lipinski definition) is 2. The molecule has 0 aliphatic carbocycles. The fourth-order valence-electron chi connectivity index (χ4n) is 3.91. The van der Waals surface area contributed by atoms with Gasteiger partial charge in [0.1, 0.15) is 6.04 Å². The smallest absolute Gasteiger partial charge is 0.252 e. The molecule has 2 aromatic rings. The summed E-state index contributed by atoms with van der Waals surface area (Å²) in [5.74, 6) is -2.58. The van der Waals surface area contributed by atoms with E-state index in [-0.39, 0.29) is 17.4 Å². The quantitative estimate of drug-likeness (QED) is 0.662. The molecule has 166 valence electrons. The summed E-state index contributed by atoms with van der Waals surface area (Å²) in [5, 5.41) is 3.44. The fraction of sp³-hybridized carbons (Fsp3) is 0.417. The number of benzene rings is 2. The third kappa shape index (κ3) is 5.62. The lowest BCUT2D eigenvalue weighted by molar-refractivity contribution is -0.135. The van der Waals surface area contributed by atoms with Crippen molar-refractivity contribution in [2.45, 2.75) is 45.1 Å². The van der Waals surface area contributed by atoms with Gasteiger partial charge in [0.15, 0.2) is 11.6 Å². The van der Waals surface area contributed by atoms with E-state index in [9.17, 15) is 18.4 Å². The maximum atomic E-state index is 13.5. The van der Waals surface area contributed by atoms with Crippen molar-refractivity contribution in [3.63, 3.8) is 0 Å². The number of amides is 2. The van der Waals surface area contributed by atoms with E-state index in [0.717, 1.165) is 25.0 Å². The van der Waals surface area contributed by atoms with Crippen LogP contribution in [0.2, 0.25) is 5.02 Å². The predicted octanol–water partition coefficient (Wildman–Crippen LogP) is 5.17. The van der Waals surface area contributed by atoms with Crippen molar-refractivity contribution in [2.75, 3.05) is 13.1 Å². The van der Waals surface area contributed by atoms with Crippen LogP contribution in [-0.2, 0) is 4.79 Å². The van der Waals surface area contributed by atoms with Crippen LogP contribution in [0.5, 0.6) is 0 Å². The van der Waals surface area contributed by atoms with Crippen molar-refractivity contribution in [3.05, 3.63) is 70.2 Å². The number of nitrogens with zero attached hydrogens (tertiary/aromatic N) is 1. The molecule has 2 amide bonds. The first kappa shape index (κ1) is 23.2. The molecule has 7 heteroatoms. The number of halogens is 3. The molecule has 4 nitrogen and oxygen atoms in total. The van der Waals surface area contributed by atoms with E-state index in [0.29, 0.717) is 30.5 Å². The first-order valence-electron chi connectivity index (χ1n) is 10.6. The number of likely N-dealkylation sites (tertiary alicyclic amines) is 1. The van der Waals surface area contributed by atoms with Crippen LogP contribution in [0.1, 0.15) is 54.9 Å². The van der Waals surface area contributed by atoms with Gasteiger partial charge in [0.05, 0.1) is 0 Å². The maximum absolute atomic E-state index is 13.5. The molecule has 1 heterocycles. The van der Waals surface area contributed by atoms with Crippen LogP contribution in [0.3, 0.4) is 0 Å². The second-order valence-corrected chi connectivity index (χ2v) is 8.55. The lowest BCUT2D eigenvalue weighted by Gasteiger charge is -2.36. The van der Waals surface area contributed by atoms with Gasteiger partial charge in [-0.2, -0.15) is 0 Å². The molecule has 1 aliphatic heterocycles. The van der Waals surface area contributed by atoms with E-state index >= 15 is 0 Å². The Bertz CT molecular complexity index is 928. The van der Waals surface area contributed by atoms with Gasteiger partial charge in [-0.3, -0.25) is 9.59 Å². The summed E-state index contributed by atoms with van der Waals surface area (Å²) in [6, 6.07) is 10.0. The van der Waals surface area contributed by atoms with E-state index < -0.39 is 23.6 Å². The average Bonchev–Trinajstić information content (AvgIpc) is 2.78. The molecule has 31 heavy (non-hydrogen) atoms. The first-order chi connectivity index (χ1) is 14.8. The molecule has 0 saturated carbocycles. The number of carbonyl (C=O) groups is 2.